The van der Waals surface area contributed by atoms with E-state index in [1.165, 1.54) is 6.07 Å². The Kier molecular flexibility index (Phi) is 6.02. The highest BCUT2D eigenvalue weighted by atomic mass is 35.5. The summed E-state index contributed by atoms with van der Waals surface area (Å²) in [5.74, 6) is 0.770. The molecule has 8 heteroatoms. The molecule has 0 unspecified atom stereocenters. The molecule has 31 heavy (non-hydrogen) atoms. The van der Waals surface area contributed by atoms with Crippen molar-refractivity contribution < 1.29 is 19.1 Å². The number of hydrogen-bond acceptors (Lipinski definition) is 4. The molecule has 1 N–H and O–H groups in total. The maximum atomic E-state index is 13.1. The number of benzene rings is 3. The van der Waals surface area contributed by atoms with E-state index in [4.69, 9.17) is 32.7 Å². The van der Waals surface area contributed by atoms with Crippen LogP contribution in [0.2, 0.25) is 10.0 Å². The lowest BCUT2D eigenvalue weighted by atomic mass is 10.1. The lowest BCUT2D eigenvalue weighted by molar-refractivity contribution is -0.118. The van der Waals surface area contributed by atoms with Gasteiger partial charge in [-0.2, -0.15) is 0 Å². The van der Waals surface area contributed by atoms with E-state index in [-0.39, 0.29) is 12.5 Å². The number of amides is 2. The molecule has 1 aliphatic rings. The summed E-state index contributed by atoms with van der Waals surface area (Å²) in [6, 6.07) is 17.0. The van der Waals surface area contributed by atoms with Gasteiger partial charge in [-0.05, 0) is 55.5 Å². The zero-order valence-corrected chi connectivity index (χ0v) is 18.0. The van der Waals surface area contributed by atoms with Crippen molar-refractivity contribution in [1.82, 2.24) is 0 Å². The van der Waals surface area contributed by atoms with Crippen molar-refractivity contribution in [2.75, 3.05) is 23.4 Å². The number of ether oxygens (including phenoxy) is 2. The fourth-order valence-electron chi connectivity index (χ4n) is 3.25. The molecule has 6 nitrogen and oxygen atoms in total. The van der Waals surface area contributed by atoms with Crippen molar-refractivity contribution in [1.29, 1.82) is 0 Å². The summed E-state index contributed by atoms with van der Waals surface area (Å²) in [7, 11) is 0. The monoisotopic (exact) mass is 456 g/mol. The van der Waals surface area contributed by atoms with E-state index in [0.717, 1.165) is 0 Å². The zero-order chi connectivity index (χ0) is 22.0. The topological polar surface area (TPSA) is 67.9 Å². The summed E-state index contributed by atoms with van der Waals surface area (Å²) in [6.07, 6.45) is 0. The Morgan fingerprint density at radius 2 is 1.87 bits per heavy atom. The fraction of sp³-hybridized carbons (Fsp3) is 0.130. The van der Waals surface area contributed by atoms with Gasteiger partial charge in [-0.1, -0.05) is 35.3 Å². The van der Waals surface area contributed by atoms with E-state index in [2.05, 4.69) is 5.32 Å². The van der Waals surface area contributed by atoms with E-state index in [0.29, 0.717) is 50.8 Å². The molecule has 0 saturated heterocycles. The van der Waals surface area contributed by atoms with Crippen LogP contribution in [0.25, 0.3) is 0 Å². The van der Waals surface area contributed by atoms with E-state index >= 15 is 0 Å². The fourth-order valence-corrected chi connectivity index (χ4v) is 3.71. The molecule has 0 aromatic heterocycles. The summed E-state index contributed by atoms with van der Waals surface area (Å²) in [6.45, 7) is 2.12. The standard InChI is InChI=1S/C23H18Cl2N2O4/c1-2-27-18-5-3-4-6-21(18)31-19-10-8-15(12-16(19)23(27)29)26-22(28)13-30-20-9-7-14(24)11-17(20)25/h3-12H,2,13H2,1H3,(H,26,28). The highest BCUT2D eigenvalue weighted by molar-refractivity contribution is 6.35. The second-order valence-electron chi connectivity index (χ2n) is 6.74. The third-order valence-corrected chi connectivity index (χ3v) is 5.21. The Balaban J connectivity index is 1.51. The van der Waals surface area contributed by atoms with Crippen LogP contribution in [0.4, 0.5) is 11.4 Å². The van der Waals surface area contributed by atoms with Gasteiger partial charge in [0.25, 0.3) is 11.8 Å². The van der Waals surface area contributed by atoms with Crippen LogP contribution in [0.3, 0.4) is 0 Å². The van der Waals surface area contributed by atoms with Gasteiger partial charge in [0.05, 0.1) is 16.3 Å². The molecule has 0 saturated carbocycles. The van der Waals surface area contributed by atoms with Crippen LogP contribution >= 0.6 is 23.2 Å². The zero-order valence-electron chi connectivity index (χ0n) is 16.5. The van der Waals surface area contributed by atoms with E-state index in [1.807, 2.05) is 31.2 Å². The molecule has 2 amide bonds. The van der Waals surface area contributed by atoms with Crippen molar-refractivity contribution in [3.05, 3.63) is 76.3 Å². The molecule has 0 aliphatic carbocycles. The van der Waals surface area contributed by atoms with Gasteiger partial charge in [0, 0.05) is 17.3 Å². The summed E-state index contributed by atoms with van der Waals surface area (Å²) >= 11 is 11.9. The first-order valence-electron chi connectivity index (χ1n) is 9.56. The molecule has 4 rings (SSSR count). The number of nitrogens with zero attached hydrogens (tertiary/aromatic N) is 1. The van der Waals surface area contributed by atoms with Gasteiger partial charge in [-0.3, -0.25) is 9.59 Å². The van der Waals surface area contributed by atoms with E-state index in [9.17, 15) is 9.59 Å². The highest BCUT2D eigenvalue weighted by Gasteiger charge is 2.27. The quantitative estimate of drug-likeness (QED) is 0.527. The second-order valence-corrected chi connectivity index (χ2v) is 7.59. The van der Waals surface area contributed by atoms with Crippen LogP contribution in [0.5, 0.6) is 17.2 Å². The molecule has 0 atom stereocenters. The first-order chi connectivity index (χ1) is 15.0. The predicted molar refractivity (Wildman–Crippen MR) is 121 cm³/mol. The summed E-state index contributed by atoms with van der Waals surface area (Å²) < 4.78 is 11.4. The number of hydrogen-bond donors (Lipinski definition) is 1. The minimum Gasteiger partial charge on any atom is -0.482 e. The Morgan fingerprint density at radius 3 is 2.65 bits per heavy atom. The average Bonchev–Trinajstić information content (AvgIpc) is 2.87. The number of carbonyl (C=O) groups excluding carboxylic acids is 2. The van der Waals surface area contributed by atoms with Crippen LogP contribution in [0.15, 0.2) is 60.7 Å². The molecule has 158 valence electrons. The number of fused-ring (bicyclic) bond motifs is 2. The molecule has 1 heterocycles. The molecular weight excluding hydrogens is 439 g/mol. The molecule has 3 aromatic carbocycles. The predicted octanol–water partition coefficient (Wildman–Crippen LogP) is 5.78. The van der Waals surface area contributed by atoms with Crippen LogP contribution < -0.4 is 19.7 Å². The maximum absolute atomic E-state index is 13.1. The molecule has 0 radical (unpaired) electrons. The lowest BCUT2D eigenvalue weighted by Gasteiger charge is -2.19. The number of anilines is 2. The van der Waals surface area contributed by atoms with Gasteiger partial charge in [0.1, 0.15) is 11.5 Å². The first kappa shape index (κ1) is 21.0. The number of carbonyl (C=O) groups is 2. The van der Waals surface area contributed by atoms with Crippen molar-refractivity contribution in [3.8, 4) is 17.2 Å². The lowest BCUT2D eigenvalue weighted by Crippen LogP contribution is -2.30. The summed E-state index contributed by atoms with van der Waals surface area (Å²) in [5, 5.41) is 3.52. The number of rotatable bonds is 5. The van der Waals surface area contributed by atoms with E-state index < -0.39 is 5.91 Å². The Hall–Kier alpha value is -3.22. The van der Waals surface area contributed by atoms with Crippen molar-refractivity contribution >= 4 is 46.4 Å². The average molecular weight is 457 g/mol. The Morgan fingerprint density at radius 1 is 1.06 bits per heavy atom. The SMILES string of the molecule is CCN1C(=O)c2cc(NC(=O)COc3ccc(Cl)cc3Cl)ccc2Oc2ccccc21. The van der Waals surface area contributed by atoms with Crippen molar-refractivity contribution in [2.24, 2.45) is 0 Å². The number of nitrogens with one attached hydrogen (secondary N) is 1. The maximum Gasteiger partial charge on any atom is 0.262 e. The van der Waals surface area contributed by atoms with Gasteiger partial charge in [-0.15, -0.1) is 0 Å². The van der Waals surface area contributed by atoms with Gasteiger partial charge < -0.3 is 19.7 Å². The number of para-hydroxylation sites is 2. The summed E-state index contributed by atoms with van der Waals surface area (Å²) in [5.41, 5.74) is 1.51. The molecule has 0 spiro atoms. The van der Waals surface area contributed by atoms with Crippen LogP contribution in [0, 0.1) is 0 Å². The largest absolute Gasteiger partial charge is 0.482 e. The summed E-state index contributed by atoms with van der Waals surface area (Å²) in [4.78, 5) is 27.1. The van der Waals surface area contributed by atoms with Crippen molar-refractivity contribution in [3.63, 3.8) is 0 Å². The normalized spacial score (nSPS) is 12.4. The molecule has 0 bridgehead atoms. The van der Waals surface area contributed by atoms with Crippen LogP contribution in [0.1, 0.15) is 17.3 Å². The third kappa shape index (κ3) is 4.45. The third-order valence-electron chi connectivity index (χ3n) is 4.68. The highest BCUT2D eigenvalue weighted by Crippen LogP contribution is 2.39. The molecule has 1 aliphatic heterocycles. The van der Waals surface area contributed by atoms with Crippen LogP contribution in [-0.4, -0.2) is 25.0 Å². The number of halogens is 2. The Bertz CT molecular complexity index is 1170. The van der Waals surface area contributed by atoms with Gasteiger partial charge in [-0.25, -0.2) is 0 Å². The van der Waals surface area contributed by atoms with Crippen molar-refractivity contribution in [2.45, 2.75) is 6.92 Å². The Labute approximate surface area is 189 Å². The van der Waals surface area contributed by atoms with E-state index in [1.54, 1.807) is 35.2 Å². The first-order valence-corrected chi connectivity index (χ1v) is 10.3. The van der Waals surface area contributed by atoms with Gasteiger partial charge in [0.2, 0.25) is 0 Å². The minimum atomic E-state index is -0.399. The molecule has 0 fully saturated rings. The molecular formula is C23H18Cl2N2O4. The minimum absolute atomic E-state index is 0.206. The smallest absolute Gasteiger partial charge is 0.262 e. The second kappa shape index (κ2) is 8.88. The van der Waals surface area contributed by atoms with Gasteiger partial charge in [0.15, 0.2) is 12.4 Å². The van der Waals surface area contributed by atoms with Crippen LogP contribution in [-0.2, 0) is 4.79 Å². The van der Waals surface area contributed by atoms with Gasteiger partial charge >= 0.3 is 0 Å². The molecule has 3 aromatic rings.